The smallest absolute Gasteiger partial charge is 0.168 e. The molecule has 0 aromatic carbocycles. The van der Waals surface area contributed by atoms with E-state index in [1.54, 1.807) is 6.08 Å². The minimum atomic E-state index is -0.661. The molecule has 110 valence electrons. The Hall–Kier alpha value is -0.460. The first-order valence-corrected chi connectivity index (χ1v) is 6.81. The van der Waals surface area contributed by atoms with E-state index in [2.05, 4.69) is 0 Å². The van der Waals surface area contributed by atoms with E-state index in [1.165, 1.54) is 0 Å². The molecule has 0 aromatic rings. The van der Waals surface area contributed by atoms with Gasteiger partial charge in [0.05, 0.1) is 32.5 Å². The maximum atomic E-state index is 9.98. The molecule has 5 heteroatoms. The second-order valence-corrected chi connectivity index (χ2v) is 5.77. The highest BCUT2D eigenvalue weighted by Gasteiger charge is 2.33. The van der Waals surface area contributed by atoms with Crippen LogP contribution in [0.15, 0.2) is 12.2 Å². The van der Waals surface area contributed by atoms with Crippen molar-refractivity contribution in [2.45, 2.75) is 44.9 Å². The molecule has 2 rings (SSSR count). The highest BCUT2D eigenvalue weighted by atomic mass is 16.7. The van der Waals surface area contributed by atoms with Gasteiger partial charge in [-0.15, -0.1) is 0 Å². The van der Waals surface area contributed by atoms with Gasteiger partial charge in [-0.25, -0.2) is 0 Å². The van der Waals surface area contributed by atoms with Crippen molar-refractivity contribution in [1.29, 1.82) is 0 Å². The molecule has 19 heavy (non-hydrogen) atoms. The fourth-order valence-corrected chi connectivity index (χ4v) is 2.22. The minimum absolute atomic E-state index is 0.181. The van der Waals surface area contributed by atoms with Crippen LogP contribution in [0.4, 0.5) is 0 Å². The Morgan fingerprint density at radius 3 is 2.26 bits per heavy atom. The molecule has 0 radical (unpaired) electrons. The summed E-state index contributed by atoms with van der Waals surface area (Å²) in [4.78, 5) is 0. The Balaban J connectivity index is 1.76. The summed E-state index contributed by atoms with van der Waals surface area (Å²) in [7, 11) is 0. The van der Waals surface area contributed by atoms with Crippen LogP contribution in [0.1, 0.15) is 27.2 Å². The molecule has 1 N–H and O–H groups in total. The van der Waals surface area contributed by atoms with E-state index in [9.17, 15) is 5.11 Å². The summed E-state index contributed by atoms with van der Waals surface area (Å²) < 4.78 is 22.0. The molecule has 0 bridgehead atoms. The number of hydrogen-bond donors (Lipinski definition) is 1. The average Bonchev–Trinajstić information content (AvgIpc) is 2.74. The summed E-state index contributed by atoms with van der Waals surface area (Å²) in [6.45, 7) is 8.06. The van der Waals surface area contributed by atoms with Gasteiger partial charge in [-0.05, 0) is 20.8 Å². The van der Waals surface area contributed by atoms with Crippen LogP contribution < -0.4 is 0 Å². The van der Waals surface area contributed by atoms with Crippen LogP contribution >= 0.6 is 0 Å². The molecular weight excluding hydrogens is 248 g/mol. The molecule has 0 aromatic heterocycles. The lowest BCUT2D eigenvalue weighted by Gasteiger charge is -2.34. The Morgan fingerprint density at radius 2 is 1.68 bits per heavy atom. The van der Waals surface area contributed by atoms with Crippen LogP contribution in [0.3, 0.4) is 0 Å². The van der Waals surface area contributed by atoms with Gasteiger partial charge in [0, 0.05) is 12.3 Å². The van der Waals surface area contributed by atoms with Crippen molar-refractivity contribution in [3.05, 3.63) is 12.2 Å². The predicted octanol–water partition coefficient (Wildman–Crippen LogP) is 1.46. The Kier molecular flexibility index (Phi) is 4.63. The van der Waals surface area contributed by atoms with Gasteiger partial charge in [0.2, 0.25) is 0 Å². The van der Waals surface area contributed by atoms with E-state index in [0.717, 1.165) is 0 Å². The highest BCUT2D eigenvalue weighted by molar-refractivity contribution is 4.96. The molecule has 2 aliphatic rings. The number of aliphatic hydroxyl groups excluding tert-OH is 1. The van der Waals surface area contributed by atoms with Crippen molar-refractivity contribution in [2.75, 3.05) is 26.4 Å². The van der Waals surface area contributed by atoms with Crippen LogP contribution in [0.25, 0.3) is 0 Å². The molecule has 2 fully saturated rings. The van der Waals surface area contributed by atoms with Crippen molar-refractivity contribution in [2.24, 2.45) is 5.92 Å². The molecule has 2 saturated heterocycles. The van der Waals surface area contributed by atoms with E-state index >= 15 is 0 Å². The Bertz CT molecular complexity index is 310. The van der Waals surface area contributed by atoms with Crippen LogP contribution in [-0.2, 0) is 18.9 Å². The molecule has 0 aliphatic carbocycles. The monoisotopic (exact) mass is 272 g/mol. The molecule has 1 unspecified atom stereocenters. The summed E-state index contributed by atoms with van der Waals surface area (Å²) in [5.74, 6) is -0.978. The van der Waals surface area contributed by atoms with Gasteiger partial charge in [-0.1, -0.05) is 12.2 Å². The van der Waals surface area contributed by atoms with Gasteiger partial charge in [0.15, 0.2) is 11.6 Å². The van der Waals surface area contributed by atoms with Crippen LogP contribution in [-0.4, -0.2) is 49.2 Å². The van der Waals surface area contributed by atoms with Crippen LogP contribution in [0.2, 0.25) is 0 Å². The SMILES string of the molecule is CC1(C)OCC(/C=C/C(O)CC2(C)OCCO2)CO1. The maximum Gasteiger partial charge on any atom is 0.168 e. The fraction of sp³-hybridized carbons (Fsp3) is 0.857. The van der Waals surface area contributed by atoms with E-state index < -0.39 is 17.7 Å². The zero-order chi connectivity index (χ0) is 13.9. The molecule has 2 aliphatic heterocycles. The lowest BCUT2D eigenvalue weighted by atomic mass is 10.1. The third-order valence-electron chi connectivity index (χ3n) is 3.37. The van der Waals surface area contributed by atoms with Crippen molar-refractivity contribution in [3.8, 4) is 0 Å². The van der Waals surface area contributed by atoms with E-state index in [-0.39, 0.29) is 5.92 Å². The average molecular weight is 272 g/mol. The minimum Gasteiger partial charge on any atom is -0.389 e. The van der Waals surface area contributed by atoms with Crippen LogP contribution in [0, 0.1) is 5.92 Å². The Morgan fingerprint density at radius 1 is 1.11 bits per heavy atom. The molecule has 0 spiro atoms. The maximum absolute atomic E-state index is 9.98. The fourth-order valence-electron chi connectivity index (χ4n) is 2.22. The molecular formula is C14H24O5. The molecule has 0 amide bonds. The number of rotatable bonds is 4. The van der Waals surface area contributed by atoms with Gasteiger partial charge >= 0.3 is 0 Å². The van der Waals surface area contributed by atoms with Gasteiger partial charge in [0.25, 0.3) is 0 Å². The topological polar surface area (TPSA) is 57.2 Å². The first-order chi connectivity index (χ1) is 8.89. The molecule has 1 atom stereocenters. The largest absolute Gasteiger partial charge is 0.389 e. The second-order valence-electron chi connectivity index (χ2n) is 5.77. The van der Waals surface area contributed by atoms with Gasteiger partial charge < -0.3 is 24.1 Å². The standard InChI is InChI=1S/C14H24O5/c1-13(2)18-9-11(10-19-13)4-5-12(15)8-14(3)16-6-7-17-14/h4-5,11-12,15H,6-10H2,1-3H3/b5-4+. The van der Waals surface area contributed by atoms with Crippen LogP contribution in [0.5, 0.6) is 0 Å². The quantitative estimate of drug-likeness (QED) is 0.785. The predicted molar refractivity (Wildman–Crippen MR) is 69.5 cm³/mol. The first-order valence-electron chi connectivity index (χ1n) is 6.81. The van der Waals surface area contributed by atoms with Gasteiger partial charge in [0.1, 0.15) is 0 Å². The number of hydrogen-bond acceptors (Lipinski definition) is 5. The third kappa shape index (κ3) is 4.54. The molecule has 5 nitrogen and oxygen atoms in total. The van der Waals surface area contributed by atoms with E-state index in [0.29, 0.717) is 32.8 Å². The third-order valence-corrected chi connectivity index (χ3v) is 3.37. The molecule has 2 heterocycles. The summed E-state index contributed by atoms with van der Waals surface area (Å²) in [6.07, 6.45) is 3.56. The normalized spacial score (nSPS) is 28.8. The van der Waals surface area contributed by atoms with Crippen molar-refractivity contribution >= 4 is 0 Å². The molecule has 0 saturated carbocycles. The van der Waals surface area contributed by atoms with Crippen molar-refractivity contribution < 1.29 is 24.1 Å². The Labute approximate surface area is 114 Å². The van der Waals surface area contributed by atoms with Crippen molar-refractivity contribution in [1.82, 2.24) is 0 Å². The number of aliphatic hydroxyl groups is 1. The summed E-state index contributed by atoms with van der Waals surface area (Å²) in [6, 6.07) is 0. The highest BCUT2D eigenvalue weighted by Crippen LogP contribution is 2.25. The van der Waals surface area contributed by atoms with E-state index in [1.807, 2.05) is 26.8 Å². The zero-order valence-corrected chi connectivity index (χ0v) is 11.9. The first kappa shape index (κ1) is 14.9. The van der Waals surface area contributed by atoms with Gasteiger partial charge in [-0.2, -0.15) is 0 Å². The summed E-state index contributed by atoms with van der Waals surface area (Å²) in [5, 5.41) is 9.98. The zero-order valence-electron chi connectivity index (χ0n) is 11.9. The van der Waals surface area contributed by atoms with Crippen molar-refractivity contribution in [3.63, 3.8) is 0 Å². The van der Waals surface area contributed by atoms with Gasteiger partial charge in [-0.3, -0.25) is 0 Å². The summed E-state index contributed by atoms with van der Waals surface area (Å²) in [5.41, 5.74) is 0. The lowest BCUT2D eigenvalue weighted by Crippen LogP contribution is -2.38. The summed E-state index contributed by atoms with van der Waals surface area (Å²) >= 11 is 0. The van der Waals surface area contributed by atoms with E-state index in [4.69, 9.17) is 18.9 Å². The number of ether oxygens (including phenoxy) is 4. The second kappa shape index (κ2) is 5.89. The lowest BCUT2D eigenvalue weighted by molar-refractivity contribution is -0.256.